The molecule has 9 nitrogen and oxygen atoms in total. The minimum absolute atomic E-state index is 0.0261. The van der Waals surface area contributed by atoms with Crippen LogP contribution in [0.5, 0.6) is 5.75 Å². The van der Waals surface area contributed by atoms with Gasteiger partial charge < -0.3 is 20.1 Å². The molecular weight excluding hydrogens is 482 g/mol. The molecule has 2 aliphatic rings. The highest BCUT2D eigenvalue weighted by Crippen LogP contribution is 2.37. The van der Waals surface area contributed by atoms with E-state index in [4.69, 9.17) is 4.74 Å². The summed E-state index contributed by atoms with van der Waals surface area (Å²) in [7, 11) is -2.28. The lowest BCUT2D eigenvalue weighted by Gasteiger charge is -2.38. The number of likely N-dealkylation sites (N-methyl/N-ethyl adjacent to an activating group) is 1. The molecule has 1 aliphatic heterocycles. The third kappa shape index (κ3) is 5.40. The molecule has 36 heavy (non-hydrogen) atoms. The number of rotatable bonds is 8. The van der Waals surface area contributed by atoms with Crippen LogP contribution >= 0.6 is 0 Å². The summed E-state index contributed by atoms with van der Waals surface area (Å²) in [5.74, 6) is -0.557. The van der Waals surface area contributed by atoms with E-state index in [9.17, 15) is 23.1 Å². The Bertz CT molecular complexity index is 1220. The topological polar surface area (TPSA) is 116 Å². The van der Waals surface area contributed by atoms with Crippen LogP contribution in [0.2, 0.25) is 0 Å². The number of anilines is 1. The number of carbonyl (C=O) groups is 2. The Morgan fingerprint density at radius 3 is 2.53 bits per heavy atom. The first-order valence-corrected chi connectivity index (χ1v) is 13.6. The standard InChI is InChI=1S/C26H33N3O6S/c1-17-14-29(18(2)16-30)26(32)21-10-7-11-22(27-25(31)19-12-13-19)24(21)35-23(17)15-28(3)36(33,34)20-8-5-4-6-9-20/h4-11,17-19,23,30H,12-16H2,1-3H3,(H,27,31)/t17-,18+,23-/m1/s1. The van der Waals surface area contributed by atoms with Gasteiger partial charge in [-0.3, -0.25) is 9.59 Å². The number of para-hydroxylation sites is 1. The summed E-state index contributed by atoms with van der Waals surface area (Å²) in [6.45, 7) is 3.71. The summed E-state index contributed by atoms with van der Waals surface area (Å²) in [6.07, 6.45) is 1.02. The fourth-order valence-corrected chi connectivity index (χ4v) is 5.47. The number of fused-ring (bicyclic) bond motifs is 1. The third-order valence-corrected chi connectivity index (χ3v) is 8.62. The van der Waals surface area contributed by atoms with Crippen LogP contribution in [0.3, 0.4) is 0 Å². The van der Waals surface area contributed by atoms with E-state index in [1.807, 2.05) is 6.92 Å². The summed E-state index contributed by atoms with van der Waals surface area (Å²) in [4.78, 5) is 27.8. The van der Waals surface area contributed by atoms with Gasteiger partial charge in [0.1, 0.15) is 6.10 Å². The molecule has 2 aromatic carbocycles. The van der Waals surface area contributed by atoms with Gasteiger partial charge in [-0.15, -0.1) is 0 Å². The van der Waals surface area contributed by atoms with Gasteiger partial charge in [0, 0.05) is 25.4 Å². The molecule has 2 amide bonds. The van der Waals surface area contributed by atoms with Crippen molar-refractivity contribution in [2.75, 3.05) is 32.1 Å². The lowest BCUT2D eigenvalue weighted by molar-refractivity contribution is -0.117. The minimum Gasteiger partial charge on any atom is -0.486 e. The highest BCUT2D eigenvalue weighted by atomic mass is 32.2. The largest absolute Gasteiger partial charge is 0.486 e. The van der Waals surface area contributed by atoms with Crippen molar-refractivity contribution in [2.45, 2.75) is 43.7 Å². The minimum atomic E-state index is -3.77. The summed E-state index contributed by atoms with van der Waals surface area (Å²) >= 11 is 0. The number of amides is 2. The normalized spacial score (nSPS) is 21.2. The fourth-order valence-electron chi connectivity index (χ4n) is 4.26. The Morgan fingerprint density at radius 1 is 1.19 bits per heavy atom. The van der Waals surface area contributed by atoms with E-state index in [0.29, 0.717) is 5.69 Å². The second-order valence-electron chi connectivity index (χ2n) is 9.67. The Morgan fingerprint density at radius 2 is 1.89 bits per heavy atom. The van der Waals surface area contributed by atoms with Crippen molar-refractivity contribution in [3.05, 3.63) is 54.1 Å². The predicted molar refractivity (Wildman–Crippen MR) is 135 cm³/mol. The van der Waals surface area contributed by atoms with Crippen molar-refractivity contribution in [3.63, 3.8) is 0 Å². The van der Waals surface area contributed by atoms with Gasteiger partial charge in [0.2, 0.25) is 15.9 Å². The van der Waals surface area contributed by atoms with E-state index in [-0.39, 0.29) is 59.6 Å². The Labute approximate surface area is 212 Å². The molecule has 1 fully saturated rings. The van der Waals surface area contributed by atoms with E-state index in [1.54, 1.807) is 60.4 Å². The number of aliphatic hydroxyl groups excluding tert-OH is 1. The zero-order valence-corrected chi connectivity index (χ0v) is 21.6. The van der Waals surface area contributed by atoms with Gasteiger partial charge in [0.25, 0.3) is 5.91 Å². The Balaban J connectivity index is 1.71. The molecule has 1 saturated carbocycles. The second-order valence-corrected chi connectivity index (χ2v) is 11.7. The number of benzene rings is 2. The molecule has 2 aromatic rings. The van der Waals surface area contributed by atoms with Gasteiger partial charge in [-0.05, 0) is 44.0 Å². The number of hydrogen-bond donors (Lipinski definition) is 2. The molecule has 0 unspecified atom stereocenters. The fraction of sp³-hybridized carbons (Fsp3) is 0.462. The third-order valence-electron chi connectivity index (χ3n) is 6.79. The van der Waals surface area contributed by atoms with Gasteiger partial charge in [0.05, 0.1) is 35.3 Å². The molecule has 1 aliphatic carbocycles. The average Bonchev–Trinajstić information content (AvgIpc) is 3.72. The van der Waals surface area contributed by atoms with Crippen molar-refractivity contribution in [1.29, 1.82) is 0 Å². The predicted octanol–water partition coefficient (Wildman–Crippen LogP) is 2.58. The molecule has 1 heterocycles. The zero-order valence-electron chi connectivity index (χ0n) is 20.8. The van der Waals surface area contributed by atoms with E-state index in [0.717, 1.165) is 12.8 Å². The van der Waals surface area contributed by atoms with Crippen LogP contribution in [0, 0.1) is 11.8 Å². The smallest absolute Gasteiger partial charge is 0.258 e. The first kappa shape index (κ1) is 26.1. The zero-order chi connectivity index (χ0) is 26.0. The maximum Gasteiger partial charge on any atom is 0.258 e. The van der Waals surface area contributed by atoms with Crippen LogP contribution in [0.25, 0.3) is 0 Å². The maximum atomic E-state index is 13.5. The summed E-state index contributed by atoms with van der Waals surface area (Å²) in [5, 5.41) is 12.7. The molecule has 0 spiro atoms. The molecule has 0 radical (unpaired) electrons. The summed E-state index contributed by atoms with van der Waals surface area (Å²) in [6, 6.07) is 12.7. The molecule has 10 heteroatoms. The highest BCUT2D eigenvalue weighted by Gasteiger charge is 2.37. The van der Waals surface area contributed by atoms with Crippen LogP contribution in [-0.4, -0.2) is 73.4 Å². The Hall–Kier alpha value is -2.95. The van der Waals surface area contributed by atoms with Crippen LogP contribution in [0.4, 0.5) is 5.69 Å². The van der Waals surface area contributed by atoms with Crippen LogP contribution in [0.1, 0.15) is 37.0 Å². The number of nitrogens with one attached hydrogen (secondary N) is 1. The quantitative estimate of drug-likeness (QED) is 0.558. The molecular formula is C26H33N3O6S. The Kier molecular flexibility index (Phi) is 7.67. The van der Waals surface area contributed by atoms with Crippen molar-refractivity contribution in [2.24, 2.45) is 11.8 Å². The van der Waals surface area contributed by atoms with Crippen molar-refractivity contribution in [3.8, 4) is 5.75 Å². The lowest BCUT2D eigenvalue weighted by atomic mass is 9.99. The van der Waals surface area contributed by atoms with Crippen molar-refractivity contribution >= 4 is 27.5 Å². The number of sulfonamides is 1. The maximum absolute atomic E-state index is 13.5. The number of hydrogen-bond acceptors (Lipinski definition) is 6. The molecule has 0 bridgehead atoms. The van der Waals surface area contributed by atoms with Gasteiger partial charge in [-0.25, -0.2) is 8.42 Å². The molecule has 0 saturated heterocycles. The average molecular weight is 516 g/mol. The molecule has 4 rings (SSSR count). The van der Waals surface area contributed by atoms with Crippen LogP contribution in [-0.2, 0) is 14.8 Å². The van der Waals surface area contributed by atoms with Crippen LogP contribution in [0.15, 0.2) is 53.4 Å². The van der Waals surface area contributed by atoms with E-state index in [2.05, 4.69) is 5.32 Å². The van der Waals surface area contributed by atoms with Crippen molar-refractivity contribution < 1.29 is 27.9 Å². The van der Waals surface area contributed by atoms with E-state index >= 15 is 0 Å². The van der Waals surface area contributed by atoms with Crippen molar-refractivity contribution in [1.82, 2.24) is 9.21 Å². The van der Waals surface area contributed by atoms with Gasteiger partial charge in [-0.2, -0.15) is 4.31 Å². The lowest BCUT2D eigenvalue weighted by Crippen LogP contribution is -2.50. The van der Waals surface area contributed by atoms with Crippen LogP contribution < -0.4 is 10.1 Å². The monoisotopic (exact) mass is 515 g/mol. The SMILES string of the molecule is C[C@@H]1CN([C@@H](C)CO)C(=O)c2cccc(NC(=O)C3CC3)c2O[C@@H]1CN(C)S(=O)(=O)c1ccccc1. The molecule has 3 atom stereocenters. The first-order chi connectivity index (χ1) is 17.1. The number of carbonyl (C=O) groups excluding carboxylic acids is 2. The molecule has 0 aromatic heterocycles. The summed E-state index contributed by atoms with van der Waals surface area (Å²) < 4.78 is 34.0. The second kappa shape index (κ2) is 10.6. The van der Waals surface area contributed by atoms with E-state index in [1.165, 1.54) is 11.4 Å². The van der Waals surface area contributed by atoms with Gasteiger partial charge in [0.15, 0.2) is 5.75 Å². The summed E-state index contributed by atoms with van der Waals surface area (Å²) in [5.41, 5.74) is 0.636. The van der Waals surface area contributed by atoms with Gasteiger partial charge in [-0.1, -0.05) is 31.2 Å². The molecule has 2 N–H and O–H groups in total. The highest BCUT2D eigenvalue weighted by molar-refractivity contribution is 7.89. The number of nitrogens with zero attached hydrogens (tertiary/aromatic N) is 2. The number of aliphatic hydroxyl groups is 1. The molecule has 194 valence electrons. The van der Waals surface area contributed by atoms with Gasteiger partial charge >= 0.3 is 0 Å². The number of ether oxygens (including phenoxy) is 1. The first-order valence-electron chi connectivity index (χ1n) is 12.2. The van der Waals surface area contributed by atoms with E-state index < -0.39 is 22.2 Å².